The molecule has 180 valence electrons. The number of H-pyrrole nitrogens is 1. The standard InChI is InChI=1S/C21H24N6O.C7H8/c1-27-15-19(14-26-27)18-11-20(21(28)25-13-18)24-9-2-8-23-10-7-16-3-5-17(12-22)6-4-16;1-7-5-3-2-4-6-7/h3-6,11,13-15,23-24H,2,7-10H2,1H3,(H,25,28);2-6H,1H3. The minimum atomic E-state index is -0.124. The smallest absolute Gasteiger partial charge is 0.271 e. The average Bonchev–Trinajstić information content (AvgIpc) is 3.32. The van der Waals surface area contributed by atoms with Crippen LogP contribution in [0.5, 0.6) is 0 Å². The van der Waals surface area contributed by atoms with Gasteiger partial charge in [0.05, 0.1) is 17.8 Å². The van der Waals surface area contributed by atoms with Crippen LogP contribution in [0, 0.1) is 18.3 Å². The highest BCUT2D eigenvalue weighted by molar-refractivity contribution is 5.65. The van der Waals surface area contributed by atoms with E-state index in [4.69, 9.17) is 5.26 Å². The van der Waals surface area contributed by atoms with E-state index in [1.54, 1.807) is 17.1 Å². The number of aryl methyl sites for hydroxylation is 2. The molecule has 2 aromatic carbocycles. The minimum absolute atomic E-state index is 0.124. The van der Waals surface area contributed by atoms with E-state index in [1.807, 2.05) is 61.8 Å². The van der Waals surface area contributed by atoms with E-state index >= 15 is 0 Å². The van der Waals surface area contributed by atoms with E-state index in [1.165, 1.54) is 11.1 Å². The molecule has 0 atom stereocenters. The van der Waals surface area contributed by atoms with Gasteiger partial charge in [-0.15, -0.1) is 0 Å². The second-order valence-corrected chi connectivity index (χ2v) is 8.28. The minimum Gasteiger partial charge on any atom is -0.381 e. The van der Waals surface area contributed by atoms with Crippen LogP contribution >= 0.6 is 0 Å². The maximum Gasteiger partial charge on any atom is 0.271 e. The van der Waals surface area contributed by atoms with Crippen LogP contribution in [0.1, 0.15) is 23.1 Å². The number of pyridine rings is 1. The number of nitrogens with one attached hydrogen (secondary N) is 3. The number of hydrogen-bond acceptors (Lipinski definition) is 5. The second-order valence-electron chi connectivity index (χ2n) is 8.28. The van der Waals surface area contributed by atoms with Gasteiger partial charge in [0.25, 0.3) is 5.56 Å². The van der Waals surface area contributed by atoms with Gasteiger partial charge in [0, 0.05) is 37.1 Å². The largest absolute Gasteiger partial charge is 0.381 e. The van der Waals surface area contributed by atoms with Crippen molar-refractivity contribution in [1.82, 2.24) is 20.1 Å². The average molecular weight is 469 g/mol. The first kappa shape index (κ1) is 25.5. The lowest BCUT2D eigenvalue weighted by molar-refractivity contribution is 0.660. The number of aromatic nitrogens is 3. The lowest BCUT2D eigenvalue weighted by Gasteiger charge is -2.08. The Bertz CT molecular complexity index is 1270. The van der Waals surface area contributed by atoms with Crippen LogP contribution < -0.4 is 16.2 Å². The van der Waals surface area contributed by atoms with Crippen LogP contribution in [0.25, 0.3) is 11.1 Å². The van der Waals surface area contributed by atoms with Crippen molar-refractivity contribution in [2.24, 2.45) is 7.05 Å². The number of nitriles is 1. The van der Waals surface area contributed by atoms with Crippen LogP contribution in [-0.4, -0.2) is 34.4 Å². The maximum absolute atomic E-state index is 12.0. The number of rotatable bonds is 9. The lowest BCUT2D eigenvalue weighted by Crippen LogP contribution is -2.22. The molecule has 0 spiro atoms. The summed E-state index contributed by atoms with van der Waals surface area (Å²) in [4.78, 5) is 14.8. The quantitative estimate of drug-likeness (QED) is 0.319. The van der Waals surface area contributed by atoms with Gasteiger partial charge < -0.3 is 15.6 Å². The zero-order chi connectivity index (χ0) is 24.9. The topological polar surface area (TPSA) is 98.5 Å². The SMILES string of the molecule is Cc1ccccc1.Cn1cc(-c2c[nH]c(=O)c(NCCCNCCc3ccc(C#N)cc3)c2)cn1. The molecule has 35 heavy (non-hydrogen) atoms. The maximum atomic E-state index is 12.0. The molecule has 2 heterocycles. The van der Waals surface area contributed by atoms with E-state index < -0.39 is 0 Å². The summed E-state index contributed by atoms with van der Waals surface area (Å²) in [7, 11) is 1.86. The van der Waals surface area contributed by atoms with Crippen molar-refractivity contribution >= 4 is 5.69 Å². The Labute approximate surface area is 206 Å². The summed E-state index contributed by atoms with van der Waals surface area (Å²) in [6.45, 7) is 4.54. The zero-order valence-corrected chi connectivity index (χ0v) is 20.3. The molecule has 0 unspecified atom stereocenters. The van der Waals surface area contributed by atoms with Crippen LogP contribution in [0.15, 0.2) is 84.0 Å². The van der Waals surface area contributed by atoms with Gasteiger partial charge in [0.15, 0.2) is 0 Å². The van der Waals surface area contributed by atoms with Gasteiger partial charge in [-0.1, -0.05) is 48.0 Å². The fourth-order valence-electron chi connectivity index (χ4n) is 3.43. The van der Waals surface area contributed by atoms with Gasteiger partial charge in [-0.3, -0.25) is 9.48 Å². The van der Waals surface area contributed by atoms with Gasteiger partial charge in [0.1, 0.15) is 5.69 Å². The third kappa shape index (κ3) is 8.61. The molecule has 0 aliphatic heterocycles. The van der Waals surface area contributed by atoms with Crippen molar-refractivity contribution in [2.45, 2.75) is 19.8 Å². The number of anilines is 1. The van der Waals surface area contributed by atoms with Crippen LogP contribution in [0.3, 0.4) is 0 Å². The molecule has 0 saturated heterocycles. The Morgan fingerprint density at radius 2 is 1.80 bits per heavy atom. The molecule has 0 bridgehead atoms. The first-order valence-electron chi connectivity index (χ1n) is 11.7. The Morgan fingerprint density at radius 1 is 1.03 bits per heavy atom. The van der Waals surface area contributed by atoms with E-state index in [9.17, 15) is 4.79 Å². The van der Waals surface area contributed by atoms with Gasteiger partial charge in [0.2, 0.25) is 0 Å². The molecule has 0 aliphatic carbocycles. The highest BCUT2D eigenvalue weighted by atomic mass is 16.1. The van der Waals surface area contributed by atoms with Gasteiger partial charge in [-0.25, -0.2) is 0 Å². The Hall–Kier alpha value is -4.15. The molecule has 0 fully saturated rings. The monoisotopic (exact) mass is 468 g/mol. The number of benzene rings is 2. The molecular weight excluding hydrogens is 436 g/mol. The normalized spacial score (nSPS) is 10.2. The summed E-state index contributed by atoms with van der Waals surface area (Å²) in [5.74, 6) is 0. The highest BCUT2D eigenvalue weighted by Gasteiger charge is 2.05. The first-order valence-corrected chi connectivity index (χ1v) is 11.7. The molecule has 7 heteroatoms. The van der Waals surface area contributed by atoms with Gasteiger partial charge in [-0.05, 0) is 56.6 Å². The molecular formula is C28H32N6O. The molecule has 0 amide bonds. The van der Waals surface area contributed by atoms with Crippen LogP contribution in [0.4, 0.5) is 5.69 Å². The van der Waals surface area contributed by atoms with Crippen molar-refractivity contribution < 1.29 is 0 Å². The molecule has 4 aromatic rings. The van der Waals surface area contributed by atoms with E-state index in [2.05, 4.69) is 45.8 Å². The number of nitrogens with zero attached hydrogens (tertiary/aromatic N) is 3. The van der Waals surface area contributed by atoms with Crippen molar-refractivity contribution in [3.63, 3.8) is 0 Å². The zero-order valence-electron chi connectivity index (χ0n) is 20.3. The first-order chi connectivity index (χ1) is 17.0. The van der Waals surface area contributed by atoms with E-state index in [-0.39, 0.29) is 5.56 Å². The molecule has 7 nitrogen and oxygen atoms in total. The van der Waals surface area contributed by atoms with Crippen molar-refractivity contribution in [3.8, 4) is 17.2 Å². The summed E-state index contributed by atoms with van der Waals surface area (Å²) in [6, 6.07) is 21.9. The third-order valence-corrected chi connectivity index (χ3v) is 5.40. The fourth-order valence-corrected chi connectivity index (χ4v) is 3.43. The lowest BCUT2D eigenvalue weighted by atomic mass is 10.1. The van der Waals surface area contributed by atoms with E-state index in [0.717, 1.165) is 37.1 Å². The highest BCUT2D eigenvalue weighted by Crippen LogP contribution is 2.18. The molecule has 0 saturated carbocycles. The molecule has 0 radical (unpaired) electrons. The number of aromatic amines is 1. The predicted molar refractivity (Wildman–Crippen MR) is 141 cm³/mol. The molecule has 3 N–H and O–H groups in total. The number of hydrogen-bond donors (Lipinski definition) is 3. The van der Waals surface area contributed by atoms with Gasteiger partial charge >= 0.3 is 0 Å². The molecule has 4 rings (SSSR count). The Morgan fingerprint density at radius 3 is 2.43 bits per heavy atom. The third-order valence-electron chi connectivity index (χ3n) is 5.40. The second kappa shape index (κ2) is 13.5. The van der Waals surface area contributed by atoms with Gasteiger partial charge in [-0.2, -0.15) is 10.4 Å². The van der Waals surface area contributed by atoms with Crippen molar-refractivity contribution in [1.29, 1.82) is 5.26 Å². The summed E-state index contributed by atoms with van der Waals surface area (Å²) in [5, 5.41) is 19.6. The fraction of sp³-hybridized carbons (Fsp3) is 0.250. The predicted octanol–water partition coefficient (Wildman–Crippen LogP) is 4.28. The summed E-state index contributed by atoms with van der Waals surface area (Å²) >= 11 is 0. The summed E-state index contributed by atoms with van der Waals surface area (Å²) in [5.41, 5.74) is 5.55. The van der Waals surface area contributed by atoms with Crippen LogP contribution in [0.2, 0.25) is 0 Å². The summed E-state index contributed by atoms with van der Waals surface area (Å²) in [6.07, 6.45) is 7.22. The Kier molecular flexibility index (Phi) is 9.85. The van der Waals surface area contributed by atoms with Crippen molar-refractivity contribution in [3.05, 3.63) is 106 Å². The molecule has 0 aliphatic rings. The summed E-state index contributed by atoms with van der Waals surface area (Å²) < 4.78 is 1.73. The van der Waals surface area contributed by atoms with Crippen molar-refractivity contribution in [2.75, 3.05) is 25.0 Å². The van der Waals surface area contributed by atoms with Crippen LogP contribution in [-0.2, 0) is 13.5 Å². The molecule has 2 aromatic heterocycles. The Balaban J connectivity index is 0.000000420. The van der Waals surface area contributed by atoms with E-state index in [0.29, 0.717) is 17.8 Å².